The SMILES string of the molecule is CCNC(=O)c1c(NC(C)(C)CC)ccc(Cl)c1Cl. The lowest BCUT2D eigenvalue weighted by molar-refractivity contribution is 0.0956. The largest absolute Gasteiger partial charge is 0.379 e. The molecule has 1 amide bonds. The van der Waals surface area contributed by atoms with Gasteiger partial charge in [-0.15, -0.1) is 0 Å². The van der Waals surface area contributed by atoms with Crippen LogP contribution in [0.15, 0.2) is 12.1 Å². The fraction of sp³-hybridized carbons (Fsp3) is 0.500. The molecule has 0 bridgehead atoms. The van der Waals surface area contributed by atoms with Crippen LogP contribution in [0.3, 0.4) is 0 Å². The second-order valence-electron chi connectivity index (χ2n) is 5.01. The fourth-order valence-electron chi connectivity index (χ4n) is 1.58. The number of hydrogen-bond donors (Lipinski definition) is 2. The molecule has 1 rings (SSSR count). The molecule has 3 nitrogen and oxygen atoms in total. The van der Waals surface area contributed by atoms with Crippen LogP contribution in [0.1, 0.15) is 44.5 Å². The zero-order valence-corrected chi connectivity index (χ0v) is 13.2. The quantitative estimate of drug-likeness (QED) is 0.849. The molecule has 0 heterocycles. The standard InChI is InChI=1S/C14H20Cl2N2O/c1-5-14(3,4)18-10-8-7-9(15)12(16)11(10)13(19)17-6-2/h7-8,18H,5-6H2,1-4H3,(H,17,19). The van der Waals surface area contributed by atoms with Crippen molar-refractivity contribution < 1.29 is 4.79 Å². The van der Waals surface area contributed by atoms with Crippen molar-refractivity contribution in [3.05, 3.63) is 27.7 Å². The minimum atomic E-state index is -0.218. The zero-order chi connectivity index (χ0) is 14.6. The summed E-state index contributed by atoms with van der Waals surface area (Å²) in [5.41, 5.74) is 0.975. The molecular weight excluding hydrogens is 283 g/mol. The molecule has 0 aromatic heterocycles. The predicted molar refractivity (Wildman–Crippen MR) is 82.5 cm³/mol. The van der Waals surface area contributed by atoms with E-state index in [1.165, 1.54) is 0 Å². The Kier molecular flexibility index (Phi) is 5.50. The summed E-state index contributed by atoms with van der Waals surface area (Å²) in [6, 6.07) is 3.48. The lowest BCUT2D eigenvalue weighted by Crippen LogP contribution is -2.32. The summed E-state index contributed by atoms with van der Waals surface area (Å²) in [4.78, 5) is 12.1. The third kappa shape index (κ3) is 4.02. The number of anilines is 1. The second kappa shape index (κ2) is 6.49. The smallest absolute Gasteiger partial charge is 0.254 e. The molecule has 0 saturated carbocycles. The second-order valence-corrected chi connectivity index (χ2v) is 5.79. The average Bonchev–Trinajstić information content (AvgIpc) is 2.34. The Morgan fingerprint density at radius 2 is 1.89 bits per heavy atom. The van der Waals surface area contributed by atoms with E-state index in [0.717, 1.165) is 6.42 Å². The molecular formula is C14H20Cl2N2O. The van der Waals surface area contributed by atoms with Gasteiger partial charge in [0.1, 0.15) is 0 Å². The molecule has 0 radical (unpaired) electrons. The topological polar surface area (TPSA) is 41.1 Å². The summed E-state index contributed by atoms with van der Waals surface area (Å²) >= 11 is 12.2. The molecule has 0 saturated heterocycles. The first kappa shape index (κ1) is 16.1. The van der Waals surface area contributed by atoms with Crippen LogP contribution in [0.2, 0.25) is 10.0 Å². The number of benzene rings is 1. The third-order valence-corrected chi connectivity index (χ3v) is 3.82. The highest BCUT2D eigenvalue weighted by molar-refractivity contribution is 6.44. The van der Waals surface area contributed by atoms with Gasteiger partial charge in [-0.05, 0) is 39.3 Å². The van der Waals surface area contributed by atoms with E-state index in [0.29, 0.717) is 22.8 Å². The molecule has 0 fully saturated rings. The van der Waals surface area contributed by atoms with Crippen LogP contribution in [0.5, 0.6) is 0 Å². The molecule has 1 aromatic carbocycles. The molecule has 2 N–H and O–H groups in total. The maximum Gasteiger partial charge on any atom is 0.254 e. The number of rotatable bonds is 5. The summed E-state index contributed by atoms with van der Waals surface area (Å²) in [5.74, 6) is -0.218. The third-order valence-electron chi connectivity index (χ3n) is 3.02. The van der Waals surface area contributed by atoms with Gasteiger partial charge in [0.25, 0.3) is 5.91 Å². The number of nitrogens with one attached hydrogen (secondary N) is 2. The van der Waals surface area contributed by atoms with E-state index in [1.807, 2.05) is 6.92 Å². The van der Waals surface area contributed by atoms with Gasteiger partial charge in [0.15, 0.2) is 0 Å². The number of carbonyl (C=O) groups excluding carboxylic acids is 1. The van der Waals surface area contributed by atoms with Crippen LogP contribution >= 0.6 is 23.2 Å². The van der Waals surface area contributed by atoms with E-state index in [-0.39, 0.29) is 16.5 Å². The number of amides is 1. The van der Waals surface area contributed by atoms with E-state index in [9.17, 15) is 4.79 Å². The summed E-state index contributed by atoms with van der Waals surface area (Å²) in [6.07, 6.45) is 0.919. The van der Waals surface area contributed by atoms with Crippen molar-refractivity contribution >= 4 is 34.8 Å². The van der Waals surface area contributed by atoms with Crippen LogP contribution in [-0.4, -0.2) is 18.0 Å². The van der Waals surface area contributed by atoms with Crippen molar-refractivity contribution in [3.63, 3.8) is 0 Å². The number of carbonyl (C=O) groups is 1. The minimum Gasteiger partial charge on any atom is -0.379 e. The van der Waals surface area contributed by atoms with Crippen molar-refractivity contribution in [1.82, 2.24) is 5.32 Å². The number of halogens is 2. The van der Waals surface area contributed by atoms with Gasteiger partial charge in [0, 0.05) is 17.8 Å². The molecule has 0 spiro atoms. The summed E-state index contributed by atoms with van der Waals surface area (Å²) in [6.45, 7) is 8.61. The Bertz CT molecular complexity index is 473. The molecule has 0 unspecified atom stereocenters. The van der Waals surface area contributed by atoms with Gasteiger partial charge in [-0.1, -0.05) is 30.1 Å². The van der Waals surface area contributed by atoms with E-state index in [4.69, 9.17) is 23.2 Å². The Balaban J connectivity index is 3.24. The highest BCUT2D eigenvalue weighted by Crippen LogP contribution is 2.33. The first-order valence-electron chi connectivity index (χ1n) is 6.36. The van der Waals surface area contributed by atoms with Crippen LogP contribution in [-0.2, 0) is 0 Å². The Hall–Kier alpha value is -0.930. The summed E-state index contributed by atoms with van der Waals surface area (Å²) in [5, 5.41) is 6.75. The molecule has 106 valence electrons. The average molecular weight is 303 g/mol. The van der Waals surface area contributed by atoms with Crippen molar-refractivity contribution in [2.24, 2.45) is 0 Å². The molecule has 5 heteroatoms. The molecule has 0 aliphatic heterocycles. The molecule has 1 aromatic rings. The highest BCUT2D eigenvalue weighted by atomic mass is 35.5. The molecule has 19 heavy (non-hydrogen) atoms. The normalized spacial score (nSPS) is 11.3. The van der Waals surface area contributed by atoms with Crippen LogP contribution in [0.25, 0.3) is 0 Å². The van der Waals surface area contributed by atoms with Gasteiger partial charge in [0.2, 0.25) is 0 Å². The lowest BCUT2D eigenvalue weighted by atomic mass is 10.0. The zero-order valence-electron chi connectivity index (χ0n) is 11.7. The van der Waals surface area contributed by atoms with Crippen LogP contribution < -0.4 is 10.6 Å². The Morgan fingerprint density at radius 1 is 1.26 bits per heavy atom. The fourth-order valence-corrected chi connectivity index (χ4v) is 1.99. The minimum absolute atomic E-state index is 0.127. The van der Waals surface area contributed by atoms with Gasteiger partial charge in [-0.25, -0.2) is 0 Å². The van der Waals surface area contributed by atoms with E-state index in [1.54, 1.807) is 12.1 Å². The monoisotopic (exact) mass is 302 g/mol. The van der Waals surface area contributed by atoms with Gasteiger partial charge in [-0.3, -0.25) is 4.79 Å². The first-order valence-corrected chi connectivity index (χ1v) is 7.12. The first-order chi connectivity index (χ1) is 8.82. The van der Waals surface area contributed by atoms with Crippen molar-refractivity contribution in [2.75, 3.05) is 11.9 Å². The Labute approximate surface area is 124 Å². The molecule has 0 aliphatic rings. The van der Waals surface area contributed by atoms with Crippen LogP contribution in [0.4, 0.5) is 5.69 Å². The van der Waals surface area contributed by atoms with Crippen molar-refractivity contribution in [3.8, 4) is 0 Å². The maximum atomic E-state index is 12.1. The van der Waals surface area contributed by atoms with Gasteiger partial charge in [0.05, 0.1) is 15.6 Å². The van der Waals surface area contributed by atoms with Crippen LogP contribution in [0, 0.1) is 0 Å². The van der Waals surface area contributed by atoms with E-state index >= 15 is 0 Å². The maximum absolute atomic E-state index is 12.1. The van der Waals surface area contributed by atoms with Gasteiger partial charge < -0.3 is 10.6 Å². The Morgan fingerprint density at radius 3 is 2.42 bits per heavy atom. The van der Waals surface area contributed by atoms with E-state index < -0.39 is 0 Å². The lowest BCUT2D eigenvalue weighted by Gasteiger charge is -2.27. The highest BCUT2D eigenvalue weighted by Gasteiger charge is 2.22. The van der Waals surface area contributed by atoms with Crippen molar-refractivity contribution in [2.45, 2.75) is 39.7 Å². The summed E-state index contributed by atoms with van der Waals surface area (Å²) < 4.78 is 0. The molecule has 0 atom stereocenters. The predicted octanol–water partition coefficient (Wildman–Crippen LogP) is 4.34. The van der Waals surface area contributed by atoms with E-state index in [2.05, 4.69) is 31.4 Å². The number of hydrogen-bond acceptors (Lipinski definition) is 2. The molecule has 0 aliphatic carbocycles. The van der Waals surface area contributed by atoms with Gasteiger partial charge >= 0.3 is 0 Å². The van der Waals surface area contributed by atoms with Crippen molar-refractivity contribution in [1.29, 1.82) is 0 Å². The summed E-state index contributed by atoms with van der Waals surface area (Å²) in [7, 11) is 0. The van der Waals surface area contributed by atoms with Gasteiger partial charge in [-0.2, -0.15) is 0 Å².